The average Bonchev–Trinajstić information content (AvgIpc) is 2.68. The van der Waals surface area contributed by atoms with Crippen LogP contribution in [0.5, 0.6) is 0 Å². The van der Waals surface area contributed by atoms with E-state index in [4.69, 9.17) is 5.73 Å². The highest BCUT2D eigenvalue weighted by molar-refractivity contribution is 5.77. The summed E-state index contributed by atoms with van der Waals surface area (Å²) >= 11 is 0. The van der Waals surface area contributed by atoms with Gasteiger partial charge in [0.1, 0.15) is 5.39 Å². The standard InChI is InChI=1S/C18H18N6O3/c19-14(25)11-6-8-23(9-7-11)17-20-10-13-15(21-17)22-18(27)24(16(13)26)12-4-2-1-3-5-12/h1-5,10-11H,6-9H2,(H2,19,25)(H,20,21,22,27). The largest absolute Gasteiger partial charge is 0.369 e. The van der Waals surface area contributed by atoms with Gasteiger partial charge >= 0.3 is 5.69 Å². The first-order valence-corrected chi connectivity index (χ1v) is 8.66. The molecule has 0 atom stereocenters. The first kappa shape index (κ1) is 17.0. The number of hydrogen-bond donors (Lipinski definition) is 2. The number of carbonyl (C=O) groups is 1. The topological polar surface area (TPSA) is 127 Å². The number of aromatic nitrogens is 4. The number of rotatable bonds is 3. The Morgan fingerprint density at radius 1 is 1.15 bits per heavy atom. The molecule has 1 amide bonds. The molecule has 0 radical (unpaired) electrons. The average molecular weight is 366 g/mol. The fourth-order valence-corrected chi connectivity index (χ4v) is 3.32. The van der Waals surface area contributed by atoms with Crippen molar-refractivity contribution in [3.8, 4) is 5.69 Å². The third kappa shape index (κ3) is 3.07. The van der Waals surface area contributed by atoms with Crippen LogP contribution in [0.4, 0.5) is 5.95 Å². The molecule has 1 saturated heterocycles. The zero-order chi connectivity index (χ0) is 19.0. The van der Waals surface area contributed by atoms with E-state index < -0.39 is 11.2 Å². The van der Waals surface area contributed by atoms with Gasteiger partial charge in [-0.05, 0) is 25.0 Å². The Labute approximate surface area is 153 Å². The number of carbonyl (C=O) groups excluding carboxylic acids is 1. The SMILES string of the molecule is NC(=O)C1CCN(c2ncc3c(=O)n(-c4ccccc4)c(=O)[nH]c3n2)CC1. The van der Waals surface area contributed by atoms with E-state index in [2.05, 4.69) is 15.0 Å². The van der Waals surface area contributed by atoms with Crippen molar-refractivity contribution in [3.63, 3.8) is 0 Å². The molecule has 9 heteroatoms. The van der Waals surface area contributed by atoms with Gasteiger partial charge in [-0.3, -0.25) is 14.6 Å². The van der Waals surface area contributed by atoms with Gasteiger partial charge in [0, 0.05) is 25.2 Å². The van der Waals surface area contributed by atoms with Gasteiger partial charge in [0.15, 0.2) is 5.65 Å². The molecule has 9 nitrogen and oxygen atoms in total. The summed E-state index contributed by atoms with van der Waals surface area (Å²) < 4.78 is 1.06. The number of nitrogens with zero attached hydrogens (tertiary/aromatic N) is 4. The lowest BCUT2D eigenvalue weighted by atomic mass is 9.96. The summed E-state index contributed by atoms with van der Waals surface area (Å²) in [4.78, 5) is 49.7. The van der Waals surface area contributed by atoms with Gasteiger partial charge < -0.3 is 10.6 Å². The molecule has 0 saturated carbocycles. The van der Waals surface area contributed by atoms with Crippen LogP contribution in [0.2, 0.25) is 0 Å². The lowest BCUT2D eigenvalue weighted by Gasteiger charge is -2.30. The maximum Gasteiger partial charge on any atom is 0.334 e. The second-order valence-electron chi connectivity index (χ2n) is 6.50. The minimum absolute atomic E-state index is 0.139. The fraction of sp³-hybridized carbons (Fsp3) is 0.278. The van der Waals surface area contributed by atoms with Gasteiger partial charge in [-0.15, -0.1) is 0 Å². The summed E-state index contributed by atoms with van der Waals surface area (Å²) in [6.07, 6.45) is 2.68. The summed E-state index contributed by atoms with van der Waals surface area (Å²) in [5.74, 6) is -0.0163. The van der Waals surface area contributed by atoms with Crippen LogP contribution >= 0.6 is 0 Å². The number of primary amides is 1. The minimum Gasteiger partial charge on any atom is -0.369 e. The van der Waals surface area contributed by atoms with Crippen LogP contribution in [0.3, 0.4) is 0 Å². The molecular weight excluding hydrogens is 348 g/mol. The van der Waals surface area contributed by atoms with E-state index in [-0.39, 0.29) is 22.9 Å². The van der Waals surface area contributed by atoms with E-state index in [0.29, 0.717) is 37.6 Å². The molecule has 0 aliphatic carbocycles. The molecule has 0 bridgehead atoms. The highest BCUT2D eigenvalue weighted by atomic mass is 16.2. The summed E-state index contributed by atoms with van der Waals surface area (Å²) in [5.41, 5.74) is 4.99. The van der Waals surface area contributed by atoms with Gasteiger partial charge in [-0.2, -0.15) is 4.98 Å². The smallest absolute Gasteiger partial charge is 0.334 e. The quantitative estimate of drug-likeness (QED) is 0.680. The van der Waals surface area contributed by atoms with Gasteiger partial charge in [-0.25, -0.2) is 14.3 Å². The lowest BCUT2D eigenvalue weighted by molar-refractivity contribution is -0.122. The number of nitrogens with one attached hydrogen (secondary N) is 1. The molecule has 1 aliphatic heterocycles. The van der Waals surface area contributed by atoms with E-state index in [9.17, 15) is 14.4 Å². The molecule has 27 heavy (non-hydrogen) atoms. The van der Waals surface area contributed by atoms with Crippen LogP contribution in [0.25, 0.3) is 16.7 Å². The van der Waals surface area contributed by atoms with Crippen LogP contribution in [-0.4, -0.2) is 38.5 Å². The van der Waals surface area contributed by atoms with E-state index in [1.165, 1.54) is 6.20 Å². The summed E-state index contributed by atoms with van der Waals surface area (Å²) in [6.45, 7) is 1.18. The summed E-state index contributed by atoms with van der Waals surface area (Å²) in [6, 6.07) is 8.67. The van der Waals surface area contributed by atoms with E-state index in [1.807, 2.05) is 4.90 Å². The number of H-pyrrole nitrogens is 1. The first-order valence-electron chi connectivity index (χ1n) is 8.66. The van der Waals surface area contributed by atoms with Crippen LogP contribution in [0, 0.1) is 5.92 Å². The number of benzene rings is 1. The molecule has 3 aromatic rings. The van der Waals surface area contributed by atoms with E-state index in [0.717, 1.165) is 4.57 Å². The Morgan fingerprint density at radius 2 is 1.85 bits per heavy atom. The number of nitrogens with two attached hydrogens (primary N) is 1. The summed E-state index contributed by atoms with van der Waals surface area (Å²) in [7, 11) is 0. The number of aromatic amines is 1. The zero-order valence-corrected chi connectivity index (χ0v) is 14.5. The number of hydrogen-bond acceptors (Lipinski definition) is 6. The third-order valence-corrected chi connectivity index (χ3v) is 4.83. The molecule has 4 rings (SSSR count). The second-order valence-corrected chi connectivity index (χ2v) is 6.50. The third-order valence-electron chi connectivity index (χ3n) is 4.83. The molecule has 138 valence electrons. The van der Waals surface area contributed by atoms with Crippen LogP contribution in [-0.2, 0) is 4.79 Å². The predicted octanol–water partition coefficient (Wildman–Crippen LogP) is 0.171. The lowest BCUT2D eigenvalue weighted by Crippen LogP contribution is -2.39. The zero-order valence-electron chi connectivity index (χ0n) is 14.5. The molecule has 1 aliphatic rings. The monoisotopic (exact) mass is 366 g/mol. The maximum atomic E-state index is 12.8. The molecular formula is C18H18N6O3. The van der Waals surface area contributed by atoms with Gasteiger partial charge in [-0.1, -0.05) is 18.2 Å². The molecule has 1 fully saturated rings. The van der Waals surface area contributed by atoms with Crippen LogP contribution in [0.1, 0.15) is 12.8 Å². The highest BCUT2D eigenvalue weighted by Crippen LogP contribution is 2.20. The summed E-state index contributed by atoms with van der Waals surface area (Å²) in [5, 5.41) is 0.231. The number of amides is 1. The minimum atomic E-state index is -0.559. The molecule has 1 aromatic carbocycles. The van der Waals surface area contributed by atoms with Crippen molar-refractivity contribution < 1.29 is 4.79 Å². The fourth-order valence-electron chi connectivity index (χ4n) is 3.32. The molecule has 2 aromatic heterocycles. The van der Waals surface area contributed by atoms with Crippen molar-refractivity contribution in [2.24, 2.45) is 11.7 Å². The Bertz CT molecular complexity index is 1110. The van der Waals surface area contributed by atoms with Crippen molar-refractivity contribution in [3.05, 3.63) is 57.4 Å². The molecule has 0 unspecified atom stereocenters. The van der Waals surface area contributed by atoms with Crippen molar-refractivity contribution in [1.29, 1.82) is 0 Å². The normalized spacial score (nSPS) is 15.2. The van der Waals surface area contributed by atoms with Crippen molar-refractivity contribution >= 4 is 22.9 Å². The highest BCUT2D eigenvalue weighted by Gasteiger charge is 2.25. The number of piperidine rings is 1. The number of para-hydroxylation sites is 1. The Hall–Kier alpha value is -3.49. The predicted molar refractivity (Wildman–Crippen MR) is 99.9 cm³/mol. The van der Waals surface area contributed by atoms with E-state index in [1.54, 1.807) is 30.3 Å². The molecule has 3 heterocycles. The Kier molecular flexibility index (Phi) is 4.19. The number of anilines is 1. The van der Waals surface area contributed by atoms with Crippen LogP contribution < -0.4 is 21.9 Å². The first-order chi connectivity index (χ1) is 13.0. The molecule has 0 spiro atoms. The van der Waals surface area contributed by atoms with Gasteiger partial charge in [0.25, 0.3) is 5.56 Å². The van der Waals surface area contributed by atoms with Crippen LogP contribution in [0.15, 0.2) is 46.1 Å². The van der Waals surface area contributed by atoms with Gasteiger partial charge in [0.05, 0.1) is 5.69 Å². The maximum absolute atomic E-state index is 12.8. The van der Waals surface area contributed by atoms with E-state index >= 15 is 0 Å². The van der Waals surface area contributed by atoms with Crippen molar-refractivity contribution in [1.82, 2.24) is 19.5 Å². The van der Waals surface area contributed by atoms with Crippen molar-refractivity contribution in [2.45, 2.75) is 12.8 Å². The van der Waals surface area contributed by atoms with Gasteiger partial charge in [0.2, 0.25) is 11.9 Å². The molecule has 3 N–H and O–H groups in total. The second kappa shape index (κ2) is 6.67. The van der Waals surface area contributed by atoms with Crippen molar-refractivity contribution in [2.75, 3.05) is 18.0 Å². The Balaban J connectivity index is 1.72. The Morgan fingerprint density at radius 3 is 2.52 bits per heavy atom. The number of fused-ring (bicyclic) bond motifs is 1.